The Hall–Kier alpha value is -0.720. The summed E-state index contributed by atoms with van der Waals surface area (Å²) in [5.74, 6) is -0.301. The largest absolute Gasteiger partial charge is 0.466 e. The molecule has 0 radical (unpaired) electrons. The zero-order valence-electron chi connectivity index (χ0n) is 9.38. The Morgan fingerprint density at radius 3 is 2.71 bits per heavy atom. The first-order valence-electron chi connectivity index (χ1n) is 5.26. The molecule has 0 aromatic heterocycles. The summed E-state index contributed by atoms with van der Waals surface area (Å²) in [5.41, 5.74) is 0.732. The highest BCUT2D eigenvalue weighted by Gasteiger charge is 2.10. The number of benzene rings is 1. The third kappa shape index (κ3) is 4.97. The summed E-state index contributed by atoms with van der Waals surface area (Å²) in [6.45, 7) is 2.08. The standard InChI is InChI=1S/C12H13F2IO2/c1-2-17-11(16)4-3-8-5-9(12(13)14)7-10(15)6-8/h5-7,12H,2-4H2,1H3. The molecule has 0 heterocycles. The molecule has 0 aliphatic carbocycles. The van der Waals surface area contributed by atoms with Crippen LogP contribution in [0.5, 0.6) is 0 Å². The summed E-state index contributed by atoms with van der Waals surface area (Å²) < 4.78 is 30.6. The number of hydrogen-bond donors (Lipinski definition) is 0. The molecule has 0 amide bonds. The van der Waals surface area contributed by atoms with Crippen LogP contribution in [0, 0.1) is 3.57 Å². The van der Waals surface area contributed by atoms with Gasteiger partial charge in [0, 0.05) is 15.6 Å². The molecule has 0 aliphatic rings. The summed E-state index contributed by atoms with van der Waals surface area (Å²) in [4.78, 5) is 11.1. The van der Waals surface area contributed by atoms with Crippen molar-refractivity contribution in [1.82, 2.24) is 0 Å². The molecule has 1 aromatic rings. The Morgan fingerprint density at radius 2 is 2.12 bits per heavy atom. The molecule has 1 aromatic carbocycles. The number of alkyl halides is 2. The fourth-order valence-electron chi connectivity index (χ4n) is 1.43. The maximum atomic E-state index is 12.6. The number of rotatable bonds is 5. The van der Waals surface area contributed by atoms with E-state index in [1.165, 1.54) is 12.1 Å². The van der Waals surface area contributed by atoms with E-state index in [-0.39, 0.29) is 18.0 Å². The predicted molar refractivity (Wildman–Crippen MR) is 69.1 cm³/mol. The Balaban J connectivity index is 2.68. The molecule has 0 unspecified atom stereocenters. The molecule has 0 bridgehead atoms. The number of aryl methyl sites for hydroxylation is 1. The Labute approximate surface area is 112 Å². The molecule has 1 rings (SSSR count). The minimum atomic E-state index is -2.48. The minimum Gasteiger partial charge on any atom is -0.466 e. The fourth-order valence-corrected chi connectivity index (χ4v) is 2.18. The van der Waals surface area contributed by atoms with Crippen LogP contribution in [0.25, 0.3) is 0 Å². The van der Waals surface area contributed by atoms with E-state index < -0.39 is 6.43 Å². The molecule has 17 heavy (non-hydrogen) atoms. The van der Waals surface area contributed by atoms with Crippen LogP contribution < -0.4 is 0 Å². The van der Waals surface area contributed by atoms with Crippen molar-refractivity contribution in [3.8, 4) is 0 Å². The first-order valence-corrected chi connectivity index (χ1v) is 6.34. The van der Waals surface area contributed by atoms with Gasteiger partial charge in [0.15, 0.2) is 0 Å². The molecular formula is C12H13F2IO2. The SMILES string of the molecule is CCOC(=O)CCc1cc(I)cc(C(F)F)c1. The normalized spacial score (nSPS) is 10.6. The van der Waals surface area contributed by atoms with Gasteiger partial charge in [0.25, 0.3) is 6.43 Å². The van der Waals surface area contributed by atoms with Crippen LogP contribution in [0.3, 0.4) is 0 Å². The molecule has 0 atom stereocenters. The lowest BCUT2D eigenvalue weighted by Crippen LogP contribution is -2.05. The van der Waals surface area contributed by atoms with E-state index in [1.807, 2.05) is 22.6 Å². The van der Waals surface area contributed by atoms with E-state index in [0.717, 1.165) is 9.13 Å². The average Bonchev–Trinajstić information content (AvgIpc) is 2.26. The maximum absolute atomic E-state index is 12.6. The maximum Gasteiger partial charge on any atom is 0.306 e. The number of carbonyl (C=O) groups excluding carboxylic acids is 1. The lowest BCUT2D eigenvalue weighted by atomic mass is 10.1. The van der Waals surface area contributed by atoms with Gasteiger partial charge >= 0.3 is 5.97 Å². The lowest BCUT2D eigenvalue weighted by molar-refractivity contribution is -0.143. The van der Waals surface area contributed by atoms with Gasteiger partial charge in [-0.3, -0.25) is 4.79 Å². The second-order valence-corrected chi connectivity index (χ2v) is 4.74. The molecule has 0 aliphatic heterocycles. The Kier molecular flexibility index (Phi) is 5.80. The van der Waals surface area contributed by atoms with Gasteiger partial charge in [0.05, 0.1) is 6.61 Å². The number of esters is 1. The van der Waals surface area contributed by atoms with Crippen molar-refractivity contribution in [1.29, 1.82) is 0 Å². The van der Waals surface area contributed by atoms with E-state index >= 15 is 0 Å². The van der Waals surface area contributed by atoms with E-state index in [9.17, 15) is 13.6 Å². The highest BCUT2D eigenvalue weighted by atomic mass is 127. The lowest BCUT2D eigenvalue weighted by Gasteiger charge is -2.06. The van der Waals surface area contributed by atoms with Crippen molar-refractivity contribution in [3.05, 3.63) is 32.9 Å². The number of hydrogen-bond acceptors (Lipinski definition) is 2. The van der Waals surface area contributed by atoms with Crippen LogP contribution in [-0.4, -0.2) is 12.6 Å². The van der Waals surface area contributed by atoms with Gasteiger partial charge in [-0.1, -0.05) is 6.07 Å². The van der Waals surface area contributed by atoms with Crippen LogP contribution in [-0.2, 0) is 16.0 Å². The fraction of sp³-hybridized carbons (Fsp3) is 0.417. The predicted octanol–water partition coefficient (Wildman–Crippen LogP) is 3.72. The van der Waals surface area contributed by atoms with Gasteiger partial charge in [0.2, 0.25) is 0 Å². The topological polar surface area (TPSA) is 26.3 Å². The van der Waals surface area contributed by atoms with Crippen molar-refractivity contribution in [2.24, 2.45) is 0 Å². The first-order chi connectivity index (χ1) is 8.02. The van der Waals surface area contributed by atoms with E-state index in [2.05, 4.69) is 0 Å². The first kappa shape index (κ1) is 14.3. The molecule has 0 saturated carbocycles. The number of carbonyl (C=O) groups is 1. The highest BCUT2D eigenvalue weighted by Crippen LogP contribution is 2.23. The monoisotopic (exact) mass is 354 g/mol. The second-order valence-electron chi connectivity index (χ2n) is 3.50. The number of ether oxygens (including phenoxy) is 1. The van der Waals surface area contributed by atoms with E-state index in [4.69, 9.17) is 4.74 Å². The van der Waals surface area contributed by atoms with Gasteiger partial charge in [0.1, 0.15) is 0 Å². The zero-order chi connectivity index (χ0) is 12.8. The van der Waals surface area contributed by atoms with Crippen LogP contribution >= 0.6 is 22.6 Å². The molecule has 0 N–H and O–H groups in total. The third-order valence-corrected chi connectivity index (χ3v) is 2.78. The smallest absolute Gasteiger partial charge is 0.306 e. The summed E-state index contributed by atoms with van der Waals surface area (Å²) in [7, 11) is 0. The van der Waals surface area contributed by atoms with Crippen LogP contribution in [0.1, 0.15) is 30.9 Å². The minimum absolute atomic E-state index is 0.00393. The zero-order valence-corrected chi connectivity index (χ0v) is 11.5. The molecule has 0 saturated heterocycles. The molecule has 5 heteroatoms. The van der Waals surface area contributed by atoms with Crippen molar-refractivity contribution < 1.29 is 18.3 Å². The van der Waals surface area contributed by atoms with E-state index in [0.29, 0.717) is 13.0 Å². The van der Waals surface area contributed by atoms with E-state index in [1.54, 1.807) is 13.0 Å². The molecule has 94 valence electrons. The molecule has 0 spiro atoms. The molecule has 2 nitrogen and oxygen atoms in total. The summed E-state index contributed by atoms with van der Waals surface area (Å²) in [6, 6.07) is 4.68. The summed E-state index contributed by atoms with van der Waals surface area (Å²) >= 11 is 1.99. The Bertz CT molecular complexity index is 394. The van der Waals surface area contributed by atoms with Crippen molar-refractivity contribution in [2.45, 2.75) is 26.2 Å². The van der Waals surface area contributed by atoms with Crippen LogP contribution in [0.15, 0.2) is 18.2 Å². The Morgan fingerprint density at radius 1 is 1.41 bits per heavy atom. The van der Waals surface area contributed by atoms with Gasteiger partial charge < -0.3 is 4.74 Å². The summed E-state index contributed by atoms with van der Waals surface area (Å²) in [6.07, 6.45) is -1.84. The summed E-state index contributed by atoms with van der Waals surface area (Å²) in [5, 5.41) is 0. The average molecular weight is 354 g/mol. The third-order valence-electron chi connectivity index (χ3n) is 2.16. The van der Waals surface area contributed by atoms with Gasteiger partial charge in [-0.25, -0.2) is 8.78 Å². The molecule has 0 fully saturated rings. The van der Waals surface area contributed by atoms with Gasteiger partial charge in [-0.2, -0.15) is 0 Å². The quantitative estimate of drug-likeness (QED) is 0.595. The van der Waals surface area contributed by atoms with Crippen LogP contribution in [0.2, 0.25) is 0 Å². The number of halogens is 3. The molecular weight excluding hydrogens is 341 g/mol. The highest BCUT2D eigenvalue weighted by molar-refractivity contribution is 14.1. The van der Waals surface area contributed by atoms with Crippen LogP contribution in [0.4, 0.5) is 8.78 Å². The van der Waals surface area contributed by atoms with Gasteiger partial charge in [-0.05, 0) is 53.6 Å². The van der Waals surface area contributed by atoms with Crippen molar-refractivity contribution >= 4 is 28.6 Å². The van der Waals surface area contributed by atoms with Gasteiger partial charge in [-0.15, -0.1) is 0 Å². The second kappa shape index (κ2) is 6.88. The van der Waals surface area contributed by atoms with Crippen molar-refractivity contribution in [3.63, 3.8) is 0 Å². The van der Waals surface area contributed by atoms with Crippen molar-refractivity contribution in [2.75, 3.05) is 6.61 Å².